The minimum absolute atomic E-state index is 0.0837. The Labute approximate surface area is 245 Å². The lowest BCUT2D eigenvalue weighted by Crippen LogP contribution is -2.33. The lowest BCUT2D eigenvalue weighted by molar-refractivity contribution is -0.116. The molecule has 9 heteroatoms. The van der Waals surface area contributed by atoms with E-state index in [-0.39, 0.29) is 24.4 Å². The molecule has 0 spiro atoms. The molecule has 1 aliphatic rings. The monoisotopic (exact) mass is 567 g/mol. The second kappa shape index (κ2) is 11.9. The van der Waals surface area contributed by atoms with Crippen molar-refractivity contribution in [3.8, 4) is 5.69 Å². The largest absolute Gasteiger partial charge is 0.465 e. The van der Waals surface area contributed by atoms with E-state index in [4.69, 9.17) is 17.0 Å². The highest BCUT2D eigenvalue weighted by Crippen LogP contribution is 2.41. The highest BCUT2D eigenvalue weighted by Gasteiger charge is 2.41. The van der Waals surface area contributed by atoms with Crippen molar-refractivity contribution in [3.63, 3.8) is 0 Å². The van der Waals surface area contributed by atoms with Crippen LogP contribution >= 0.6 is 12.2 Å². The third-order valence-corrected chi connectivity index (χ3v) is 7.89. The predicted octanol–water partition coefficient (Wildman–Crippen LogP) is 5.59. The third-order valence-electron chi connectivity index (χ3n) is 7.54. The summed E-state index contributed by atoms with van der Waals surface area (Å²) in [5.41, 5.74) is 6.84. The van der Waals surface area contributed by atoms with E-state index < -0.39 is 5.97 Å². The van der Waals surface area contributed by atoms with Crippen LogP contribution in [0, 0.1) is 20.8 Å². The number of carbonyl (C=O) groups is 2. The number of benzene rings is 2. The molecule has 5 rings (SSSR count). The van der Waals surface area contributed by atoms with E-state index >= 15 is 0 Å². The quantitative estimate of drug-likeness (QED) is 0.212. The van der Waals surface area contributed by atoms with Gasteiger partial charge in [0.2, 0.25) is 5.91 Å². The van der Waals surface area contributed by atoms with E-state index in [2.05, 4.69) is 31.2 Å². The molecule has 2 aromatic carbocycles. The van der Waals surface area contributed by atoms with Gasteiger partial charge in [0.25, 0.3) is 0 Å². The summed E-state index contributed by atoms with van der Waals surface area (Å²) in [4.78, 5) is 32.3. The Balaban J connectivity index is 1.51. The van der Waals surface area contributed by atoms with Gasteiger partial charge in [0.15, 0.2) is 5.11 Å². The molecule has 8 nitrogen and oxygen atoms in total. The molecule has 1 saturated heterocycles. The molecular formula is C32H33N5O3S. The number of amides is 1. The Morgan fingerprint density at radius 1 is 1.02 bits per heavy atom. The van der Waals surface area contributed by atoms with Crippen LogP contribution in [0.5, 0.6) is 0 Å². The number of esters is 1. The van der Waals surface area contributed by atoms with Crippen LogP contribution in [0.1, 0.15) is 57.1 Å². The molecule has 0 aliphatic carbocycles. The number of methoxy groups -OCH3 is 1. The number of carbonyl (C=O) groups excluding carboxylic acids is 2. The lowest BCUT2D eigenvalue weighted by atomic mass is 9.96. The van der Waals surface area contributed by atoms with Crippen molar-refractivity contribution in [3.05, 3.63) is 113 Å². The highest BCUT2D eigenvalue weighted by molar-refractivity contribution is 7.80. The molecule has 1 amide bonds. The van der Waals surface area contributed by atoms with Crippen LogP contribution in [-0.2, 0) is 9.53 Å². The van der Waals surface area contributed by atoms with Gasteiger partial charge in [-0.05, 0) is 80.5 Å². The summed E-state index contributed by atoms with van der Waals surface area (Å²) >= 11 is 5.83. The number of anilines is 1. The summed E-state index contributed by atoms with van der Waals surface area (Å²) in [6, 6.07) is 22.6. The topological polar surface area (TPSA) is 88.5 Å². The average Bonchev–Trinajstić information content (AvgIpc) is 3.47. The minimum atomic E-state index is -0.397. The molecule has 1 aliphatic heterocycles. The number of hydrogen-bond acceptors (Lipinski definition) is 5. The maximum absolute atomic E-state index is 13.0. The Morgan fingerprint density at radius 2 is 1.76 bits per heavy atom. The van der Waals surface area contributed by atoms with E-state index in [1.165, 1.54) is 7.11 Å². The zero-order valence-corrected chi connectivity index (χ0v) is 24.4. The molecule has 1 fully saturated rings. The summed E-state index contributed by atoms with van der Waals surface area (Å²) in [5.74, 6) is -0.481. The van der Waals surface area contributed by atoms with Crippen LogP contribution in [0.3, 0.4) is 0 Å². The number of aromatic nitrogens is 2. The molecule has 2 aromatic heterocycles. The first-order valence-electron chi connectivity index (χ1n) is 13.5. The molecule has 4 aromatic rings. The van der Waals surface area contributed by atoms with Gasteiger partial charge in [-0.25, -0.2) is 4.79 Å². The van der Waals surface area contributed by atoms with E-state index in [1.807, 2.05) is 81.4 Å². The fourth-order valence-electron chi connectivity index (χ4n) is 5.54. The van der Waals surface area contributed by atoms with Gasteiger partial charge in [-0.1, -0.05) is 36.4 Å². The first-order chi connectivity index (χ1) is 19.8. The van der Waals surface area contributed by atoms with Gasteiger partial charge in [-0.2, -0.15) is 0 Å². The summed E-state index contributed by atoms with van der Waals surface area (Å²) in [7, 11) is 1.38. The minimum Gasteiger partial charge on any atom is -0.465 e. The molecule has 0 bridgehead atoms. The predicted molar refractivity (Wildman–Crippen MR) is 163 cm³/mol. The van der Waals surface area contributed by atoms with E-state index in [0.717, 1.165) is 39.6 Å². The number of hydrogen-bond donors (Lipinski definition) is 2. The second-order valence-corrected chi connectivity index (χ2v) is 10.5. The molecule has 2 atom stereocenters. The van der Waals surface area contributed by atoms with Gasteiger partial charge in [0, 0.05) is 36.2 Å². The van der Waals surface area contributed by atoms with Gasteiger partial charge in [0.05, 0.1) is 36.1 Å². The smallest absolute Gasteiger partial charge is 0.339 e. The Kier molecular flexibility index (Phi) is 8.16. The van der Waals surface area contributed by atoms with Crippen molar-refractivity contribution >= 4 is 34.9 Å². The van der Waals surface area contributed by atoms with E-state index in [9.17, 15) is 9.59 Å². The van der Waals surface area contributed by atoms with Crippen molar-refractivity contribution in [1.29, 1.82) is 0 Å². The van der Waals surface area contributed by atoms with Crippen molar-refractivity contribution in [1.82, 2.24) is 19.8 Å². The zero-order valence-electron chi connectivity index (χ0n) is 23.5. The summed E-state index contributed by atoms with van der Waals surface area (Å²) < 4.78 is 7.13. The molecule has 41 heavy (non-hydrogen) atoms. The van der Waals surface area contributed by atoms with Gasteiger partial charge in [-0.3, -0.25) is 9.78 Å². The number of para-hydroxylation sites is 2. The summed E-state index contributed by atoms with van der Waals surface area (Å²) in [6.07, 6.45) is 2.02. The van der Waals surface area contributed by atoms with Crippen LogP contribution < -0.4 is 10.6 Å². The molecule has 0 unspecified atom stereocenters. The van der Waals surface area contributed by atoms with E-state index in [0.29, 0.717) is 17.2 Å². The number of aryl methyl sites for hydroxylation is 2. The van der Waals surface area contributed by atoms with Crippen molar-refractivity contribution in [2.75, 3.05) is 19.0 Å². The van der Waals surface area contributed by atoms with Crippen LogP contribution in [0.2, 0.25) is 0 Å². The zero-order chi connectivity index (χ0) is 29.1. The second-order valence-electron chi connectivity index (χ2n) is 10.1. The fraction of sp³-hybridized carbons (Fsp3) is 0.250. The third kappa shape index (κ3) is 5.58. The Morgan fingerprint density at radius 3 is 2.49 bits per heavy atom. The molecule has 0 radical (unpaired) electrons. The number of nitrogens with one attached hydrogen (secondary N) is 2. The van der Waals surface area contributed by atoms with Gasteiger partial charge in [0.1, 0.15) is 0 Å². The van der Waals surface area contributed by atoms with E-state index in [1.54, 1.807) is 12.3 Å². The van der Waals surface area contributed by atoms with Crippen molar-refractivity contribution in [2.45, 2.75) is 39.3 Å². The van der Waals surface area contributed by atoms with Crippen molar-refractivity contribution in [2.24, 2.45) is 0 Å². The lowest BCUT2D eigenvalue weighted by Gasteiger charge is -2.28. The number of thiocarbonyl (C=S) groups is 1. The van der Waals surface area contributed by atoms with Crippen LogP contribution in [-0.4, -0.2) is 45.1 Å². The molecule has 2 N–H and O–H groups in total. The fourth-order valence-corrected chi connectivity index (χ4v) is 5.87. The number of nitrogens with zero attached hydrogens (tertiary/aromatic N) is 3. The maximum Gasteiger partial charge on any atom is 0.339 e. The molecular weight excluding hydrogens is 534 g/mol. The summed E-state index contributed by atoms with van der Waals surface area (Å²) in [5, 5.41) is 7.06. The average molecular weight is 568 g/mol. The number of pyridine rings is 1. The first-order valence-corrected chi connectivity index (χ1v) is 13.9. The van der Waals surface area contributed by atoms with Gasteiger partial charge < -0.3 is 24.8 Å². The molecule has 210 valence electrons. The summed E-state index contributed by atoms with van der Waals surface area (Å²) in [6.45, 7) is 6.44. The normalized spacial score (nSPS) is 16.4. The molecule has 0 saturated carbocycles. The highest BCUT2D eigenvalue weighted by atomic mass is 32.1. The van der Waals surface area contributed by atoms with Gasteiger partial charge in [-0.15, -0.1) is 0 Å². The van der Waals surface area contributed by atoms with Crippen LogP contribution in [0.15, 0.2) is 79.0 Å². The molecule has 3 heterocycles. The number of rotatable bonds is 8. The Bertz CT molecular complexity index is 1600. The number of ether oxygens (including phenoxy) is 1. The van der Waals surface area contributed by atoms with Gasteiger partial charge >= 0.3 is 5.97 Å². The van der Waals surface area contributed by atoms with Crippen LogP contribution in [0.4, 0.5) is 5.69 Å². The van der Waals surface area contributed by atoms with Crippen molar-refractivity contribution < 1.29 is 14.3 Å². The van der Waals surface area contributed by atoms with Crippen LogP contribution in [0.25, 0.3) is 5.69 Å². The SMILES string of the molecule is COC(=O)c1ccccc1-n1c(C)cc([C@@H]2[C@@H](c3ccccn3)NC(=S)N2CCC(=O)Nc2ccccc2C)c1C. The first kappa shape index (κ1) is 28.0. The standard InChI is InChI=1S/C32H33N5O3S/c1-20-11-5-7-13-25(20)34-28(38)16-18-36-30(29(35-32(36)41)26-14-9-10-17-33-26)24-19-21(2)37(22(24)3)27-15-8-6-12-23(27)31(39)40-4/h5-15,17,19,29-30H,16,18H2,1-4H3,(H,34,38)(H,35,41)/t29-,30-/m1/s1. The maximum atomic E-state index is 13.0. The Hall–Kier alpha value is -4.50.